The molecular formula is C7H8ClNO2. The van der Waals surface area contributed by atoms with Crippen LogP contribution in [0, 0.1) is 0 Å². The van der Waals surface area contributed by atoms with Crippen LogP contribution in [0.3, 0.4) is 0 Å². The van der Waals surface area contributed by atoms with Gasteiger partial charge in [0.15, 0.2) is 0 Å². The smallest absolute Gasteiger partial charge is 0.145 e. The van der Waals surface area contributed by atoms with Crippen molar-refractivity contribution in [2.75, 3.05) is 0 Å². The zero-order valence-electron chi connectivity index (χ0n) is 5.71. The van der Waals surface area contributed by atoms with Gasteiger partial charge in [-0.3, -0.25) is 4.89 Å². The normalized spacial score (nSPS) is 14.5. The number of hydrogen-bond donors (Lipinski definition) is 0. The Morgan fingerprint density at radius 1 is 0.909 bits per heavy atom. The Kier molecular flexibility index (Phi) is 6.13. The predicted octanol–water partition coefficient (Wildman–Crippen LogP) is 1.98. The molecule has 0 fully saturated rings. The third kappa shape index (κ3) is 5.24. The first-order chi connectivity index (χ1) is 5.00. The van der Waals surface area contributed by atoms with E-state index in [1.165, 1.54) is 12.5 Å². The van der Waals surface area contributed by atoms with E-state index >= 15 is 0 Å². The lowest BCUT2D eigenvalue weighted by atomic mass is 10.4. The van der Waals surface area contributed by atoms with Crippen molar-refractivity contribution >= 4 is 18.6 Å². The highest BCUT2D eigenvalue weighted by molar-refractivity contribution is 5.85. The second-order valence-electron chi connectivity index (χ2n) is 1.52. The van der Waals surface area contributed by atoms with Gasteiger partial charge >= 0.3 is 0 Å². The lowest BCUT2D eigenvalue weighted by molar-refractivity contribution is -0.248. The SMILES string of the molecule is C1=CC=COON=CC=C1.Cl. The van der Waals surface area contributed by atoms with Gasteiger partial charge in [0, 0.05) is 0 Å². The standard InChI is InChI=1S/C7H7NO2.ClH/c1-2-4-6-8-10-9-7-5-3-1;/h1-7H;1H. The van der Waals surface area contributed by atoms with Gasteiger partial charge in [0.1, 0.15) is 6.26 Å². The highest BCUT2D eigenvalue weighted by atomic mass is 35.5. The molecule has 0 bridgehead atoms. The summed E-state index contributed by atoms with van der Waals surface area (Å²) in [6, 6.07) is 0. The molecule has 0 unspecified atom stereocenters. The second-order valence-corrected chi connectivity index (χ2v) is 1.52. The lowest BCUT2D eigenvalue weighted by Gasteiger charge is -1.89. The number of hydrogen-bond acceptors (Lipinski definition) is 3. The van der Waals surface area contributed by atoms with Gasteiger partial charge in [0.05, 0.1) is 6.21 Å². The van der Waals surface area contributed by atoms with E-state index < -0.39 is 0 Å². The van der Waals surface area contributed by atoms with Crippen LogP contribution in [0.5, 0.6) is 0 Å². The van der Waals surface area contributed by atoms with E-state index in [-0.39, 0.29) is 12.4 Å². The fourth-order valence-corrected chi connectivity index (χ4v) is 0.429. The van der Waals surface area contributed by atoms with Crippen LogP contribution in [-0.2, 0) is 9.88 Å². The van der Waals surface area contributed by atoms with E-state index in [0.717, 1.165) is 0 Å². The van der Waals surface area contributed by atoms with Crippen molar-refractivity contribution in [1.82, 2.24) is 0 Å². The molecule has 4 heteroatoms. The molecule has 0 aromatic rings. The lowest BCUT2D eigenvalue weighted by Crippen LogP contribution is -1.77. The molecule has 11 heavy (non-hydrogen) atoms. The fraction of sp³-hybridized carbons (Fsp3) is 0. The van der Waals surface area contributed by atoms with Crippen molar-refractivity contribution in [3.05, 3.63) is 36.6 Å². The number of nitrogens with zero attached hydrogens (tertiary/aromatic N) is 1. The number of oxime groups is 1. The van der Waals surface area contributed by atoms with Crippen molar-refractivity contribution in [1.29, 1.82) is 0 Å². The summed E-state index contributed by atoms with van der Waals surface area (Å²) in [5, 5.41) is 3.41. The third-order valence-electron chi connectivity index (χ3n) is 0.812. The molecule has 0 saturated carbocycles. The summed E-state index contributed by atoms with van der Waals surface area (Å²) in [4.78, 5) is 8.75. The number of rotatable bonds is 0. The Hall–Kier alpha value is -1.22. The quantitative estimate of drug-likeness (QED) is 0.525. The molecule has 0 N–H and O–H groups in total. The molecule has 1 aliphatic heterocycles. The Morgan fingerprint density at radius 3 is 2.55 bits per heavy atom. The van der Waals surface area contributed by atoms with Crippen LogP contribution in [0.1, 0.15) is 0 Å². The molecule has 3 nitrogen and oxygen atoms in total. The average Bonchev–Trinajstić information content (AvgIpc) is 2.01. The first kappa shape index (κ1) is 9.78. The molecule has 60 valence electrons. The van der Waals surface area contributed by atoms with E-state index in [9.17, 15) is 0 Å². The molecular weight excluding hydrogens is 166 g/mol. The summed E-state index contributed by atoms with van der Waals surface area (Å²) >= 11 is 0. The Bertz CT molecular complexity index is 175. The molecule has 0 radical (unpaired) electrons. The summed E-state index contributed by atoms with van der Waals surface area (Å²) < 4.78 is 0. The van der Waals surface area contributed by atoms with Crippen molar-refractivity contribution in [2.24, 2.45) is 5.16 Å². The Morgan fingerprint density at radius 2 is 1.64 bits per heavy atom. The zero-order valence-corrected chi connectivity index (χ0v) is 6.53. The van der Waals surface area contributed by atoms with Crippen LogP contribution in [0.25, 0.3) is 0 Å². The van der Waals surface area contributed by atoms with Crippen molar-refractivity contribution in [3.8, 4) is 0 Å². The minimum Gasteiger partial charge on any atom is -0.276 e. The van der Waals surface area contributed by atoms with E-state index in [1.54, 1.807) is 12.2 Å². The highest BCUT2D eigenvalue weighted by Gasteiger charge is 1.73. The van der Waals surface area contributed by atoms with Gasteiger partial charge in [-0.2, -0.15) is 4.99 Å². The van der Waals surface area contributed by atoms with E-state index in [4.69, 9.17) is 0 Å². The van der Waals surface area contributed by atoms with Crippen LogP contribution < -0.4 is 0 Å². The van der Waals surface area contributed by atoms with E-state index in [0.29, 0.717) is 0 Å². The largest absolute Gasteiger partial charge is 0.276 e. The van der Waals surface area contributed by atoms with Crippen LogP contribution in [-0.4, -0.2) is 6.21 Å². The minimum absolute atomic E-state index is 0. The first-order valence-electron chi connectivity index (χ1n) is 2.84. The van der Waals surface area contributed by atoms with Gasteiger partial charge in [-0.25, -0.2) is 0 Å². The monoisotopic (exact) mass is 173 g/mol. The maximum atomic E-state index is 4.45. The van der Waals surface area contributed by atoms with Gasteiger partial charge in [-0.15, -0.1) is 12.4 Å². The van der Waals surface area contributed by atoms with Crippen LogP contribution in [0.2, 0.25) is 0 Å². The summed E-state index contributed by atoms with van der Waals surface area (Å²) in [7, 11) is 0. The summed E-state index contributed by atoms with van der Waals surface area (Å²) in [6.45, 7) is 0. The van der Waals surface area contributed by atoms with Crippen molar-refractivity contribution in [2.45, 2.75) is 0 Å². The molecule has 0 aliphatic carbocycles. The third-order valence-corrected chi connectivity index (χ3v) is 0.812. The molecule has 1 aliphatic rings. The molecule has 1 heterocycles. The maximum Gasteiger partial charge on any atom is 0.145 e. The van der Waals surface area contributed by atoms with Crippen LogP contribution >= 0.6 is 12.4 Å². The van der Waals surface area contributed by atoms with Gasteiger partial charge < -0.3 is 0 Å². The molecule has 0 spiro atoms. The van der Waals surface area contributed by atoms with Gasteiger partial charge in [0.2, 0.25) is 0 Å². The van der Waals surface area contributed by atoms with E-state index in [2.05, 4.69) is 15.0 Å². The molecule has 0 amide bonds. The Labute approximate surface area is 71.0 Å². The number of halogens is 1. The Balaban J connectivity index is 0.000001000. The minimum atomic E-state index is 0. The second kappa shape index (κ2) is 6.89. The molecule has 0 aromatic carbocycles. The first-order valence-corrected chi connectivity index (χ1v) is 2.84. The topological polar surface area (TPSA) is 30.8 Å². The molecule has 1 rings (SSSR count). The summed E-state index contributed by atoms with van der Waals surface area (Å²) in [5.41, 5.74) is 0. The predicted molar refractivity (Wildman–Crippen MR) is 45.3 cm³/mol. The van der Waals surface area contributed by atoms with Crippen molar-refractivity contribution < 1.29 is 9.88 Å². The van der Waals surface area contributed by atoms with Crippen LogP contribution in [0.4, 0.5) is 0 Å². The van der Waals surface area contributed by atoms with Gasteiger partial charge in [0.25, 0.3) is 0 Å². The maximum absolute atomic E-state index is 4.45. The van der Waals surface area contributed by atoms with Gasteiger partial charge in [-0.05, 0) is 17.3 Å². The average molecular weight is 174 g/mol. The molecule has 0 atom stereocenters. The van der Waals surface area contributed by atoms with E-state index in [1.807, 2.05) is 18.2 Å². The highest BCUT2D eigenvalue weighted by Crippen LogP contribution is 1.86. The van der Waals surface area contributed by atoms with Gasteiger partial charge in [-0.1, -0.05) is 18.2 Å². The summed E-state index contributed by atoms with van der Waals surface area (Å²) in [5.74, 6) is 0. The molecule has 0 aromatic heterocycles. The molecule has 0 saturated heterocycles. The fourth-order valence-electron chi connectivity index (χ4n) is 0.429. The zero-order chi connectivity index (χ0) is 7.07. The van der Waals surface area contributed by atoms with Crippen LogP contribution in [0.15, 0.2) is 41.8 Å². The summed E-state index contributed by atoms with van der Waals surface area (Å²) in [6.07, 6.45) is 11.8. The number of allylic oxidation sites excluding steroid dienone is 5. The van der Waals surface area contributed by atoms with Crippen molar-refractivity contribution in [3.63, 3.8) is 0 Å².